The van der Waals surface area contributed by atoms with E-state index in [-0.39, 0.29) is 0 Å². The van der Waals surface area contributed by atoms with Crippen molar-refractivity contribution in [3.63, 3.8) is 0 Å². The Bertz CT molecular complexity index is 345. The van der Waals surface area contributed by atoms with Crippen LogP contribution in [0.5, 0.6) is 0 Å². The molecule has 5 heteroatoms. The second-order valence-corrected chi connectivity index (χ2v) is 4.83. The van der Waals surface area contributed by atoms with Gasteiger partial charge in [-0.1, -0.05) is 0 Å². The van der Waals surface area contributed by atoms with Gasteiger partial charge in [-0.2, -0.15) is 0 Å². The maximum Gasteiger partial charge on any atom is 0.119 e. The highest BCUT2D eigenvalue weighted by Crippen LogP contribution is 2.17. The molecule has 1 aromatic heterocycles. The highest BCUT2D eigenvalue weighted by molar-refractivity contribution is 7.98. The van der Waals surface area contributed by atoms with Gasteiger partial charge in [0.05, 0.1) is 5.69 Å². The summed E-state index contributed by atoms with van der Waals surface area (Å²) in [6.45, 7) is 6.38. The number of nitrogens with zero attached hydrogens (tertiary/aromatic N) is 3. The van der Waals surface area contributed by atoms with E-state index < -0.39 is 0 Å². The zero-order chi connectivity index (χ0) is 11.4. The molecule has 2 rings (SSSR count). The van der Waals surface area contributed by atoms with Gasteiger partial charge >= 0.3 is 0 Å². The van der Waals surface area contributed by atoms with Gasteiger partial charge in [0.2, 0.25) is 0 Å². The SMILES string of the molecule is CSc1nccnc1CN1CCNC[C@@H]1C. The van der Waals surface area contributed by atoms with Crippen LogP contribution in [-0.2, 0) is 6.54 Å². The molecule has 1 fully saturated rings. The molecule has 0 aliphatic carbocycles. The third-order valence-electron chi connectivity index (χ3n) is 2.92. The number of aromatic nitrogens is 2. The molecule has 0 aromatic carbocycles. The van der Waals surface area contributed by atoms with E-state index in [4.69, 9.17) is 0 Å². The highest BCUT2D eigenvalue weighted by atomic mass is 32.2. The maximum absolute atomic E-state index is 4.43. The van der Waals surface area contributed by atoms with Crippen molar-refractivity contribution in [2.24, 2.45) is 0 Å². The normalized spacial score (nSPS) is 22.2. The van der Waals surface area contributed by atoms with Crippen molar-refractivity contribution in [1.29, 1.82) is 0 Å². The van der Waals surface area contributed by atoms with Crippen LogP contribution in [0.4, 0.5) is 0 Å². The Morgan fingerprint density at radius 3 is 3.06 bits per heavy atom. The quantitative estimate of drug-likeness (QED) is 0.795. The minimum Gasteiger partial charge on any atom is -0.314 e. The molecule has 1 aliphatic rings. The Morgan fingerprint density at radius 2 is 2.31 bits per heavy atom. The average molecular weight is 238 g/mol. The monoisotopic (exact) mass is 238 g/mol. The Morgan fingerprint density at radius 1 is 1.50 bits per heavy atom. The number of piperazine rings is 1. The summed E-state index contributed by atoms with van der Waals surface area (Å²) in [7, 11) is 0. The largest absolute Gasteiger partial charge is 0.314 e. The molecule has 16 heavy (non-hydrogen) atoms. The molecule has 1 atom stereocenters. The summed E-state index contributed by atoms with van der Waals surface area (Å²) < 4.78 is 0. The zero-order valence-corrected chi connectivity index (χ0v) is 10.6. The predicted octanol–water partition coefficient (Wildman–Crippen LogP) is 0.992. The molecule has 0 bridgehead atoms. The lowest BCUT2D eigenvalue weighted by Gasteiger charge is -2.33. The Kier molecular flexibility index (Phi) is 4.15. The highest BCUT2D eigenvalue weighted by Gasteiger charge is 2.19. The van der Waals surface area contributed by atoms with Gasteiger partial charge in [-0.05, 0) is 13.2 Å². The number of thioether (sulfide) groups is 1. The van der Waals surface area contributed by atoms with Gasteiger partial charge in [0.25, 0.3) is 0 Å². The summed E-state index contributed by atoms with van der Waals surface area (Å²) in [5, 5.41) is 4.45. The standard InChI is InChI=1S/C11H18N4S/c1-9-7-12-5-6-15(9)8-10-11(16-2)14-4-3-13-10/h3-4,9,12H,5-8H2,1-2H3/t9-/m0/s1. The van der Waals surface area contributed by atoms with Gasteiger partial charge in [0.1, 0.15) is 5.03 Å². The molecule has 0 amide bonds. The molecule has 0 radical (unpaired) electrons. The second-order valence-electron chi connectivity index (χ2n) is 4.04. The molecule has 1 aliphatic heterocycles. The maximum atomic E-state index is 4.43. The number of nitrogens with one attached hydrogen (secondary N) is 1. The van der Waals surface area contributed by atoms with E-state index in [0.717, 1.165) is 36.9 Å². The van der Waals surface area contributed by atoms with Crippen molar-refractivity contribution >= 4 is 11.8 Å². The van der Waals surface area contributed by atoms with Gasteiger partial charge < -0.3 is 5.32 Å². The molecule has 88 valence electrons. The fraction of sp³-hybridized carbons (Fsp3) is 0.636. The lowest BCUT2D eigenvalue weighted by Crippen LogP contribution is -2.49. The average Bonchev–Trinajstić information content (AvgIpc) is 2.33. The lowest BCUT2D eigenvalue weighted by atomic mass is 10.2. The van der Waals surface area contributed by atoms with Crippen molar-refractivity contribution in [3.05, 3.63) is 18.1 Å². The predicted molar refractivity (Wildman–Crippen MR) is 66.6 cm³/mol. The summed E-state index contributed by atoms with van der Waals surface area (Å²) >= 11 is 1.67. The van der Waals surface area contributed by atoms with Crippen LogP contribution < -0.4 is 5.32 Å². The van der Waals surface area contributed by atoms with Gasteiger partial charge in [0, 0.05) is 44.6 Å². The number of hydrogen-bond donors (Lipinski definition) is 1. The van der Waals surface area contributed by atoms with Crippen LogP contribution in [0.2, 0.25) is 0 Å². The van der Waals surface area contributed by atoms with Crippen molar-refractivity contribution in [2.75, 3.05) is 25.9 Å². The third kappa shape index (κ3) is 2.72. The second kappa shape index (κ2) is 5.61. The Hall–Kier alpha value is -0.650. The summed E-state index contributed by atoms with van der Waals surface area (Å²) in [5.74, 6) is 0. The van der Waals surface area contributed by atoms with Crippen LogP contribution >= 0.6 is 11.8 Å². The zero-order valence-electron chi connectivity index (χ0n) is 9.81. The van der Waals surface area contributed by atoms with Gasteiger partial charge in [-0.25, -0.2) is 4.98 Å². The van der Waals surface area contributed by atoms with Crippen molar-refractivity contribution in [3.8, 4) is 0 Å². The molecule has 1 N–H and O–H groups in total. The Labute approximate surface area is 101 Å². The van der Waals surface area contributed by atoms with Crippen LogP contribution in [0.15, 0.2) is 17.4 Å². The first-order valence-electron chi connectivity index (χ1n) is 5.60. The van der Waals surface area contributed by atoms with Crippen molar-refractivity contribution in [1.82, 2.24) is 20.2 Å². The first-order chi connectivity index (χ1) is 7.81. The summed E-state index contributed by atoms with van der Waals surface area (Å²) in [6.07, 6.45) is 5.59. The van der Waals surface area contributed by atoms with E-state index in [9.17, 15) is 0 Å². The fourth-order valence-electron chi connectivity index (χ4n) is 1.94. The van der Waals surface area contributed by atoms with Crippen LogP contribution in [0, 0.1) is 0 Å². The third-order valence-corrected chi connectivity index (χ3v) is 3.65. The molecule has 1 saturated heterocycles. The molecule has 0 unspecified atom stereocenters. The topological polar surface area (TPSA) is 41.1 Å². The van der Waals surface area contributed by atoms with E-state index in [0.29, 0.717) is 6.04 Å². The van der Waals surface area contributed by atoms with Crippen LogP contribution in [-0.4, -0.2) is 46.8 Å². The van der Waals surface area contributed by atoms with Crippen LogP contribution in [0.1, 0.15) is 12.6 Å². The molecule has 0 spiro atoms. The van der Waals surface area contributed by atoms with E-state index in [1.54, 1.807) is 24.2 Å². The number of rotatable bonds is 3. The van der Waals surface area contributed by atoms with Gasteiger partial charge in [-0.15, -0.1) is 11.8 Å². The van der Waals surface area contributed by atoms with Gasteiger partial charge in [0.15, 0.2) is 0 Å². The summed E-state index contributed by atoms with van der Waals surface area (Å²) in [6, 6.07) is 0.575. The molecule has 2 heterocycles. The molecular formula is C11H18N4S. The minimum absolute atomic E-state index is 0.575. The fourth-order valence-corrected chi connectivity index (χ4v) is 2.46. The van der Waals surface area contributed by atoms with Gasteiger partial charge in [-0.3, -0.25) is 9.88 Å². The van der Waals surface area contributed by atoms with Crippen molar-refractivity contribution < 1.29 is 0 Å². The first kappa shape index (κ1) is 11.8. The molecule has 1 aromatic rings. The number of hydrogen-bond acceptors (Lipinski definition) is 5. The lowest BCUT2D eigenvalue weighted by molar-refractivity contribution is 0.162. The Balaban J connectivity index is 2.07. The minimum atomic E-state index is 0.575. The first-order valence-corrected chi connectivity index (χ1v) is 6.82. The van der Waals surface area contributed by atoms with Crippen molar-refractivity contribution in [2.45, 2.75) is 24.5 Å². The van der Waals surface area contributed by atoms with E-state index in [1.165, 1.54) is 0 Å². The molecule has 0 saturated carbocycles. The smallest absolute Gasteiger partial charge is 0.119 e. The molecule has 4 nitrogen and oxygen atoms in total. The van der Waals surface area contributed by atoms with E-state index >= 15 is 0 Å². The van der Waals surface area contributed by atoms with E-state index in [1.807, 2.05) is 0 Å². The van der Waals surface area contributed by atoms with Crippen LogP contribution in [0.3, 0.4) is 0 Å². The van der Waals surface area contributed by atoms with E-state index in [2.05, 4.69) is 33.4 Å². The molecular weight excluding hydrogens is 220 g/mol. The van der Waals surface area contributed by atoms with Crippen LogP contribution in [0.25, 0.3) is 0 Å². The summed E-state index contributed by atoms with van der Waals surface area (Å²) in [4.78, 5) is 11.2. The summed E-state index contributed by atoms with van der Waals surface area (Å²) in [5.41, 5.74) is 1.10.